The Bertz CT molecular complexity index is 1060. The van der Waals surface area contributed by atoms with Gasteiger partial charge in [0.1, 0.15) is 0 Å². The Balaban J connectivity index is 1.96. The molecule has 0 atom stereocenters. The lowest BCUT2D eigenvalue weighted by molar-refractivity contribution is 0.589. The van der Waals surface area contributed by atoms with Gasteiger partial charge in [0.05, 0.1) is 10.4 Å². The lowest BCUT2D eigenvalue weighted by Crippen LogP contribution is -2.12. The summed E-state index contributed by atoms with van der Waals surface area (Å²) in [5.41, 5.74) is 5.44. The van der Waals surface area contributed by atoms with E-state index in [2.05, 4.69) is 22.0 Å². The van der Waals surface area contributed by atoms with Gasteiger partial charge in [-0.1, -0.05) is 39.7 Å². The highest BCUT2D eigenvalue weighted by atomic mass is 79.9. The van der Waals surface area contributed by atoms with Gasteiger partial charge in [-0.25, -0.2) is 12.4 Å². The van der Waals surface area contributed by atoms with E-state index < -0.39 is 10.0 Å². The van der Waals surface area contributed by atoms with Crippen LogP contribution < -0.4 is 0 Å². The van der Waals surface area contributed by atoms with Crippen LogP contribution in [-0.2, 0) is 15.4 Å². The van der Waals surface area contributed by atoms with Crippen molar-refractivity contribution in [1.29, 1.82) is 0 Å². The van der Waals surface area contributed by atoms with Gasteiger partial charge in [0.2, 0.25) is 0 Å². The van der Waals surface area contributed by atoms with Crippen LogP contribution in [0, 0.1) is 13.8 Å². The highest BCUT2D eigenvalue weighted by molar-refractivity contribution is 9.08. The van der Waals surface area contributed by atoms with Crippen LogP contribution in [0.15, 0.2) is 47.5 Å². The molecule has 0 amide bonds. The van der Waals surface area contributed by atoms with Gasteiger partial charge in [-0.15, -0.1) is 0 Å². The third-order valence-corrected chi connectivity index (χ3v) is 7.25. The lowest BCUT2D eigenvalue weighted by Gasteiger charge is -2.14. The molecule has 0 radical (unpaired) electrons. The molecule has 2 aromatic carbocycles. The van der Waals surface area contributed by atoms with Gasteiger partial charge in [0.15, 0.2) is 0 Å². The van der Waals surface area contributed by atoms with Gasteiger partial charge >= 0.3 is 0 Å². The second kappa shape index (κ2) is 5.99. The summed E-state index contributed by atoms with van der Waals surface area (Å²) in [6.45, 7) is 3.96. The van der Waals surface area contributed by atoms with Crippen molar-refractivity contribution in [2.45, 2.75) is 42.8 Å². The maximum absolute atomic E-state index is 13.2. The molecule has 0 unspecified atom stereocenters. The quantitative estimate of drug-likeness (QED) is 0.542. The van der Waals surface area contributed by atoms with Gasteiger partial charge in [0, 0.05) is 16.9 Å². The Morgan fingerprint density at radius 2 is 1.80 bits per heavy atom. The number of benzene rings is 2. The molecule has 0 saturated heterocycles. The smallest absolute Gasteiger partial charge is 0.241 e. The van der Waals surface area contributed by atoms with Gasteiger partial charge in [0.25, 0.3) is 10.0 Å². The molecular formula is C20H20BrNO2S. The molecule has 0 spiro atoms. The number of rotatable bonds is 4. The molecule has 0 N–H and O–H groups in total. The largest absolute Gasteiger partial charge is 0.268 e. The molecule has 25 heavy (non-hydrogen) atoms. The maximum atomic E-state index is 13.2. The summed E-state index contributed by atoms with van der Waals surface area (Å²) in [4.78, 5) is 0.321. The third-order valence-electron chi connectivity index (χ3n) is 5.00. The van der Waals surface area contributed by atoms with E-state index in [4.69, 9.17) is 0 Å². The van der Waals surface area contributed by atoms with E-state index in [-0.39, 0.29) is 0 Å². The van der Waals surface area contributed by atoms with Crippen LogP contribution in [0.25, 0.3) is 10.9 Å². The van der Waals surface area contributed by atoms with E-state index in [1.54, 1.807) is 18.3 Å². The Kier molecular flexibility index (Phi) is 4.04. The molecule has 5 heteroatoms. The summed E-state index contributed by atoms with van der Waals surface area (Å²) in [6, 6.07) is 11.1. The fraction of sp³-hybridized carbons (Fsp3) is 0.300. The molecule has 1 aromatic heterocycles. The summed E-state index contributed by atoms with van der Waals surface area (Å²) < 4.78 is 27.7. The molecule has 1 heterocycles. The third kappa shape index (κ3) is 2.74. The van der Waals surface area contributed by atoms with Crippen LogP contribution in [0.1, 0.15) is 41.0 Å². The average molecular weight is 418 g/mol. The van der Waals surface area contributed by atoms with E-state index in [0.29, 0.717) is 10.8 Å². The van der Waals surface area contributed by atoms with Crippen molar-refractivity contribution in [2.75, 3.05) is 0 Å². The molecule has 3 nitrogen and oxygen atoms in total. The molecule has 1 saturated carbocycles. The Hall–Kier alpha value is -1.59. The number of hydrogen-bond donors (Lipinski definition) is 0. The van der Waals surface area contributed by atoms with E-state index >= 15 is 0 Å². The molecule has 0 aliphatic heterocycles. The fourth-order valence-corrected chi connectivity index (χ4v) is 5.56. The maximum Gasteiger partial charge on any atom is 0.268 e. The summed E-state index contributed by atoms with van der Waals surface area (Å²) in [5.74, 6) is 0.632. The molecule has 1 fully saturated rings. The monoisotopic (exact) mass is 417 g/mol. The minimum absolute atomic E-state index is 0.321. The highest BCUT2D eigenvalue weighted by Gasteiger charge is 2.29. The number of alkyl halides is 1. The van der Waals surface area contributed by atoms with Crippen molar-refractivity contribution in [3.05, 3.63) is 64.8 Å². The Labute approximate surface area is 156 Å². The van der Waals surface area contributed by atoms with Gasteiger partial charge < -0.3 is 0 Å². The van der Waals surface area contributed by atoms with E-state index in [0.717, 1.165) is 27.4 Å². The lowest BCUT2D eigenvalue weighted by atomic mass is 9.98. The van der Waals surface area contributed by atoms with Crippen molar-refractivity contribution in [1.82, 2.24) is 3.97 Å². The zero-order chi connectivity index (χ0) is 17.8. The summed E-state index contributed by atoms with van der Waals surface area (Å²) in [7, 11) is -3.60. The van der Waals surface area contributed by atoms with Crippen LogP contribution in [0.3, 0.4) is 0 Å². The fourth-order valence-electron chi connectivity index (χ4n) is 3.52. The second-order valence-corrected chi connectivity index (χ2v) is 9.24. The number of nitrogens with zero attached hydrogens (tertiary/aromatic N) is 1. The zero-order valence-electron chi connectivity index (χ0n) is 14.3. The molecule has 130 valence electrons. The van der Waals surface area contributed by atoms with Gasteiger partial charge in [-0.05, 0) is 67.5 Å². The van der Waals surface area contributed by atoms with Gasteiger partial charge in [-0.3, -0.25) is 0 Å². The molecular weight excluding hydrogens is 398 g/mol. The first-order valence-corrected chi connectivity index (χ1v) is 11.0. The molecule has 4 rings (SSSR count). The highest BCUT2D eigenvalue weighted by Crippen LogP contribution is 2.45. The van der Waals surface area contributed by atoms with Gasteiger partial charge in [-0.2, -0.15) is 0 Å². The standard InChI is InChI=1S/C20H20BrNO2S/c1-13-3-7-16(8-4-13)25(23,24)22-10-9-17-19(12-21)18(15-5-6-15)11-14(2)20(17)22/h3-4,7-11,15H,5-6,12H2,1-2H3. The van der Waals surface area contributed by atoms with E-state index in [1.807, 2.05) is 32.0 Å². The number of aryl methyl sites for hydroxylation is 2. The summed E-state index contributed by atoms with van der Waals surface area (Å²) in [5, 5.41) is 1.78. The predicted molar refractivity (Wildman–Crippen MR) is 105 cm³/mol. The molecule has 0 bridgehead atoms. The van der Waals surface area contributed by atoms with Crippen LogP contribution in [0.5, 0.6) is 0 Å². The first-order chi connectivity index (χ1) is 11.9. The van der Waals surface area contributed by atoms with Crippen molar-refractivity contribution in [2.24, 2.45) is 0 Å². The molecule has 1 aliphatic rings. The first-order valence-electron chi connectivity index (χ1n) is 8.45. The van der Waals surface area contributed by atoms with E-state index in [9.17, 15) is 8.42 Å². The molecule has 1 aliphatic carbocycles. The summed E-state index contributed by atoms with van der Waals surface area (Å²) in [6.07, 6.45) is 4.15. The summed E-state index contributed by atoms with van der Waals surface area (Å²) >= 11 is 3.60. The van der Waals surface area contributed by atoms with Crippen molar-refractivity contribution in [3.63, 3.8) is 0 Å². The Morgan fingerprint density at radius 1 is 1.12 bits per heavy atom. The molecule has 3 aromatic rings. The average Bonchev–Trinajstić information content (AvgIpc) is 3.33. The number of halogens is 1. The predicted octanol–water partition coefficient (Wildman–Crippen LogP) is 5.27. The van der Waals surface area contributed by atoms with Crippen LogP contribution in [0.2, 0.25) is 0 Å². The van der Waals surface area contributed by atoms with E-state index in [1.165, 1.54) is 27.9 Å². The van der Waals surface area contributed by atoms with Crippen molar-refractivity contribution in [3.8, 4) is 0 Å². The Morgan fingerprint density at radius 3 is 2.40 bits per heavy atom. The minimum atomic E-state index is -3.60. The SMILES string of the molecule is Cc1ccc(S(=O)(=O)n2ccc3c(CBr)c(C4CC4)cc(C)c32)cc1. The second-order valence-electron chi connectivity index (χ2n) is 6.86. The van der Waals surface area contributed by atoms with Crippen LogP contribution in [-0.4, -0.2) is 12.4 Å². The normalized spacial score (nSPS) is 15.0. The van der Waals surface area contributed by atoms with Crippen molar-refractivity contribution >= 4 is 36.9 Å². The van der Waals surface area contributed by atoms with Crippen LogP contribution in [0.4, 0.5) is 0 Å². The minimum Gasteiger partial charge on any atom is -0.241 e. The topological polar surface area (TPSA) is 39.1 Å². The number of hydrogen-bond acceptors (Lipinski definition) is 2. The number of fused-ring (bicyclic) bond motifs is 1. The zero-order valence-corrected chi connectivity index (χ0v) is 16.7. The van der Waals surface area contributed by atoms with Crippen molar-refractivity contribution < 1.29 is 8.42 Å². The first kappa shape index (κ1) is 16.9. The number of aromatic nitrogens is 1. The van der Waals surface area contributed by atoms with Crippen LogP contribution >= 0.6 is 15.9 Å².